The molecule has 0 amide bonds. The number of halogens is 5. The van der Waals surface area contributed by atoms with E-state index in [0.29, 0.717) is 0 Å². The first-order valence-corrected chi connectivity index (χ1v) is 3.49. The first-order chi connectivity index (χ1) is 5.73. The van der Waals surface area contributed by atoms with Gasteiger partial charge in [-0.1, -0.05) is 11.6 Å². The van der Waals surface area contributed by atoms with Crippen molar-refractivity contribution < 1.29 is 22.7 Å². The van der Waals surface area contributed by atoms with Gasteiger partial charge in [0.1, 0.15) is 5.03 Å². The molecule has 0 atom stereocenters. The molecule has 0 radical (unpaired) electrons. The fourth-order valence-corrected chi connectivity index (χ4v) is 0.489. The summed E-state index contributed by atoms with van der Waals surface area (Å²) in [7, 11) is 0. The SMILES string of the molecule is C=C(Cl)OC(=O)C=C(Cl)C(F)(F)F. The van der Waals surface area contributed by atoms with Gasteiger partial charge in [0.2, 0.25) is 0 Å². The molecule has 7 heteroatoms. The fourth-order valence-electron chi connectivity index (χ4n) is 0.324. The van der Waals surface area contributed by atoms with Crippen molar-refractivity contribution in [1.82, 2.24) is 0 Å². The summed E-state index contributed by atoms with van der Waals surface area (Å²) in [6.07, 6.45) is -4.71. The summed E-state index contributed by atoms with van der Waals surface area (Å²) in [5, 5.41) is -2.12. The molecule has 0 N–H and O–H groups in total. The Balaban J connectivity index is 4.40. The topological polar surface area (TPSA) is 26.3 Å². The van der Waals surface area contributed by atoms with E-state index < -0.39 is 22.4 Å². The van der Waals surface area contributed by atoms with Crippen LogP contribution in [0.1, 0.15) is 0 Å². The molecule has 0 aliphatic heterocycles. The van der Waals surface area contributed by atoms with Crippen LogP contribution in [-0.2, 0) is 9.53 Å². The highest BCUT2D eigenvalue weighted by atomic mass is 35.5. The average molecular weight is 235 g/mol. The summed E-state index contributed by atoms with van der Waals surface area (Å²) >= 11 is 9.68. The lowest BCUT2D eigenvalue weighted by molar-refractivity contribution is -0.133. The summed E-state index contributed by atoms with van der Waals surface area (Å²) < 4.78 is 39.0. The first-order valence-electron chi connectivity index (χ1n) is 2.74. The number of carbonyl (C=O) groups is 1. The molecule has 0 rings (SSSR count). The standard InChI is InChI=1S/C6H3Cl2F3O2/c1-3(7)13-5(12)2-4(8)6(9,10)11/h2H,1H2. The van der Waals surface area contributed by atoms with Crippen LogP contribution >= 0.6 is 23.2 Å². The van der Waals surface area contributed by atoms with Crippen LogP contribution in [0, 0.1) is 0 Å². The molecule has 0 aliphatic carbocycles. The normalized spacial score (nSPS) is 12.5. The highest BCUT2D eigenvalue weighted by Gasteiger charge is 2.33. The molecule has 0 aromatic rings. The molecule has 0 aliphatic rings. The second kappa shape index (κ2) is 4.53. The Morgan fingerprint density at radius 2 is 1.85 bits per heavy atom. The van der Waals surface area contributed by atoms with Gasteiger partial charge in [0, 0.05) is 6.08 Å². The Labute approximate surface area is 81.6 Å². The molecule has 0 unspecified atom stereocenters. The Hall–Kier alpha value is -0.680. The van der Waals surface area contributed by atoms with E-state index in [0.717, 1.165) is 0 Å². The van der Waals surface area contributed by atoms with E-state index in [2.05, 4.69) is 11.3 Å². The summed E-state index contributed by atoms with van der Waals surface area (Å²) in [4.78, 5) is 10.5. The minimum atomic E-state index is -4.77. The molecular formula is C6H3Cl2F3O2. The maximum atomic E-state index is 11.7. The zero-order chi connectivity index (χ0) is 10.6. The van der Waals surface area contributed by atoms with Crippen molar-refractivity contribution in [2.24, 2.45) is 0 Å². The van der Waals surface area contributed by atoms with Crippen molar-refractivity contribution in [3.8, 4) is 0 Å². The van der Waals surface area contributed by atoms with Gasteiger partial charge in [-0.25, -0.2) is 4.79 Å². The fraction of sp³-hybridized carbons (Fsp3) is 0.167. The van der Waals surface area contributed by atoms with Crippen LogP contribution in [0.2, 0.25) is 0 Å². The van der Waals surface area contributed by atoms with Gasteiger partial charge in [0.05, 0.1) is 0 Å². The molecule has 0 fully saturated rings. The molecule has 0 bridgehead atoms. The van der Waals surface area contributed by atoms with E-state index in [4.69, 9.17) is 23.2 Å². The largest absolute Gasteiger partial charge is 0.427 e. The summed E-state index contributed by atoms with van der Waals surface area (Å²) in [6, 6.07) is 0. The Kier molecular flexibility index (Phi) is 4.29. The van der Waals surface area contributed by atoms with Crippen molar-refractivity contribution in [1.29, 1.82) is 0 Å². The maximum absolute atomic E-state index is 11.7. The van der Waals surface area contributed by atoms with Crippen molar-refractivity contribution in [2.75, 3.05) is 0 Å². The minimum Gasteiger partial charge on any atom is -0.411 e. The molecule has 13 heavy (non-hydrogen) atoms. The lowest BCUT2D eigenvalue weighted by Crippen LogP contribution is -2.09. The second-order valence-corrected chi connectivity index (χ2v) is 2.60. The van der Waals surface area contributed by atoms with E-state index in [1.807, 2.05) is 0 Å². The number of ether oxygens (including phenoxy) is 1. The van der Waals surface area contributed by atoms with Gasteiger partial charge in [0.25, 0.3) is 0 Å². The van der Waals surface area contributed by atoms with Crippen molar-refractivity contribution in [2.45, 2.75) is 6.18 Å². The average Bonchev–Trinajstić information content (AvgIpc) is 1.82. The van der Waals surface area contributed by atoms with E-state index in [-0.39, 0.29) is 6.08 Å². The van der Waals surface area contributed by atoms with Gasteiger partial charge >= 0.3 is 12.1 Å². The predicted molar refractivity (Wildman–Crippen MR) is 41.1 cm³/mol. The lowest BCUT2D eigenvalue weighted by atomic mass is 10.5. The van der Waals surface area contributed by atoms with Gasteiger partial charge in [-0.15, -0.1) is 0 Å². The third-order valence-electron chi connectivity index (χ3n) is 0.727. The highest BCUT2D eigenvalue weighted by molar-refractivity contribution is 6.32. The maximum Gasteiger partial charge on any atom is 0.427 e. The van der Waals surface area contributed by atoms with Crippen molar-refractivity contribution in [3.05, 3.63) is 22.9 Å². The number of hydrogen-bond donors (Lipinski definition) is 0. The van der Waals surface area contributed by atoms with Gasteiger partial charge in [-0.05, 0) is 18.2 Å². The third-order valence-corrected chi connectivity index (χ3v) is 1.13. The first kappa shape index (κ1) is 12.3. The van der Waals surface area contributed by atoms with Crippen LogP contribution in [0.15, 0.2) is 22.9 Å². The molecule has 0 spiro atoms. The molecule has 2 nitrogen and oxygen atoms in total. The number of carbonyl (C=O) groups excluding carboxylic acids is 1. The zero-order valence-electron chi connectivity index (χ0n) is 5.99. The molecule has 74 valence electrons. The van der Waals surface area contributed by atoms with E-state index >= 15 is 0 Å². The quantitative estimate of drug-likeness (QED) is 0.417. The number of rotatable bonds is 2. The molecule has 0 heterocycles. The summed E-state index contributed by atoms with van der Waals surface area (Å²) in [5.74, 6) is -1.33. The lowest BCUT2D eigenvalue weighted by Gasteiger charge is -2.03. The minimum absolute atomic E-state index is 0.0646. The van der Waals surface area contributed by atoms with E-state index in [9.17, 15) is 18.0 Å². The number of esters is 1. The molecule has 0 aromatic carbocycles. The Morgan fingerprint density at radius 1 is 1.38 bits per heavy atom. The van der Waals surface area contributed by atoms with Crippen LogP contribution in [0.5, 0.6) is 0 Å². The zero-order valence-corrected chi connectivity index (χ0v) is 7.50. The van der Waals surface area contributed by atoms with Crippen LogP contribution in [0.25, 0.3) is 0 Å². The second-order valence-electron chi connectivity index (χ2n) is 1.77. The van der Waals surface area contributed by atoms with Crippen LogP contribution in [0.3, 0.4) is 0 Å². The molecule has 0 saturated carbocycles. The monoisotopic (exact) mass is 234 g/mol. The number of alkyl halides is 3. The van der Waals surface area contributed by atoms with E-state index in [1.54, 1.807) is 0 Å². The highest BCUT2D eigenvalue weighted by Crippen LogP contribution is 2.28. The molecule has 0 aromatic heterocycles. The van der Waals surface area contributed by atoms with Crippen LogP contribution in [-0.4, -0.2) is 12.1 Å². The number of hydrogen-bond acceptors (Lipinski definition) is 2. The smallest absolute Gasteiger partial charge is 0.411 e. The predicted octanol–water partition coefficient (Wildman–Crippen LogP) is 2.92. The van der Waals surface area contributed by atoms with Gasteiger partial charge in [-0.2, -0.15) is 13.2 Å². The van der Waals surface area contributed by atoms with Gasteiger partial charge in [-0.3, -0.25) is 0 Å². The van der Waals surface area contributed by atoms with Gasteiger partial charge < -0.3 is 4.74 Å². The number of allylic oxidation sites excluding steroid dienone is 1. The van der Waals surface area contributed by atoms with Crippen molar-refractivity contribution >= 4 is 29.2 Å². The van der Waals surface area contributed by atoms with Crippen LogP contribution in [0.4, 0.5) is 13.2 Å². The molecule has 0 saturated heterocycles. The van der Waals surface area contributed by atoms with Gasteiger partial charge in [0.15, 0.2) is 5.22 Å². The summed E-state index contributed by atoms with van der Waals surface area (Å²) in [5.41, 5.74) is 0. The Morgan fingerprint density at radius 3 is 2.15 bits per heavy atom. The van der Waals surface area contributed by atoms with Crippen LogP contribution < -0.4 is 0 Å². The van der Waals surface area contributed by atoms with Crippen molar-refractivity contribution in [3.63, 3.8) is 0 Å². The summed E-state index contributed by atoms with van der Waals surface area (Å²) in [6.45, 7) is 2.93. The van der Waals surface area contributed by atoms with E-state index in [1.165, 1.54) is 0 Å². The Bertz CT molecular complexity index is 257. The molecular weight excluding hydrogens is 232 g/mol. The third kappa shape index (κ3) is 5.54.